The number of hydrogen-bond donors (Lipinski definition) is 0. The first-order chi connectivity index (χ1) is 19.4. The molecule has 3 aromatic rings. The standard InChI is InChI=1S/C31H36N2O6S/c1-3-4-7-23-10-12-24(13-11-23)22-40(35,36)25-20-26(30-29(21-25)38-18-19-39-30)31(34)33-16-14-32(15-17-33)27-8-5-6-9-28(27)37-2/h5-6,8-13,20-21H,3-4,7,14-19,22H2,1-2H3. The molecule has 0 unspecified atom stereocenters. The minimum atomic E-state index is -3.74. The lowest BCUT2D eigenvalue weighted by atomic mass is 10.1. The molecule has 1 fully saturated rings. The fourth-order valence-electron chi connectivity index (χ4n) is 5.16. The number of nitrogens with zero attached hydrogens (tertiary/aromatic N) is 2. The van der Waals surface area contributed by atoms with Crippen LogP contribution in [-0.4, -0.2) is 65.7 Å². The van der Waals surface area contributed by atoms with E-state index >= 15 is 0 Å². The number of fused-ring (bicyclic) bond motifs is 1. The van der Waals surface area contributed by atoms with E-state index in [0.29, 0.717) is 56.5 Å². The Hall–Kier alpha value is -3.72. The van der Waals surface area contributed by atoms with Crippen molar-refractivity contribution in [3.63, 3.8) is 0 Å². The van der Waals surface area contributed by atoms with Crippen molar-refractivity contribution >= 4 is 21.4 Å². The molecule has 0 atom stereocenters. The molecule has 0 aliphatic carbocycles. The van der Waals surface area contributed by atoms with Crippen LogP contribution >= 0.6 is 0 Å². The summed E-state index contributed by atoms with van der Waals surface area (Å²) in [5.74, 6) is 0.960. The summed E-state index contributed by atoms with van der Waals surface area (Å²) in [7, 11) is -2.10. The van der Waals surface area contributed by atoms with Gasteiger partial charge in [0.2, 0.25) is 0 Å². The fourth-order valence-corrected chi connectivity index (χ4v) is 6.55. The van der Waals surface area contributed by atoms with Crippen LogP contribution in [0.15, 0.2) is 65.6 Å². The molecule has 0 saturated carbocycles. The van der Waals surface area contributed by atoms with Gasteiger partial charge in [-0.1, -0.05) is 49.7 Å². The normalized spacial score (nSPS) is 15.2. The van der Waals surface area contributed by atoms with Gasteiger partial charge in [0.25, 0.3) is 5.91 Å². The zero-order valence-electron chi connectivity index (χ0n) is 23.1. The molecule has 3 aromatic carbocycles. The molecule has 9 heteroatoms. The number of amides is 1. The van der Waals surface area contributed by atoms with Crippen molar-refractivity contribution in [1.29, 1.82) is 0 Å². The lowest BCUT2D eigenvalue weighted by Crippen LogP contribution is -2.49. The van der Waals surface area contributed by atoms with Crippen LogP contribution in [0.2, 0.25) is 0 Å². The highest BCUT2D eigenvalue weighted by atomic mass is 32.2. The number of piperazine rings is 1. The third-order valence-corrected chi connectivity index (χ3v) is 9.06. The van der Waals surface area contributed by atoms with Gasteiger partial charge >= 0.3 is 0 Å². The number of hydrogen-bond acceptors (Lipinski definition) is 7. The molecule has 0 aromatic heterocycles. The van der Waals surface area contributed by atoms with E-state index < -0.39 is 9.84 Å². The second-order valence-electron chi connectivity index (χ2n) is 10.1. The Balaban J connectivity index is 1.36. The Morgan fingerprint density at radius 1 is 0.925 bits per heavy atom. The zero-order chi connectivity index (χ0) is 28.1. The number of methoxy groups -OCH3 is 1. The maximum Gasteiger partial charge on any atom is 0.257 e. The molecule has 5 rings (SSSR count). The van der Waals surface area contributed by atoms with Crippen LogP contribution in [-0.2, 0) is 22.0 Å². The highest BCUT2D eigenvalue weighted by molar-refractivity contribution is 7.90. The molecule has 8 nitrogen and oxygen atoms in total. The molecule has 0 bridgehead atoms. The molecule has 2 heterocycles. The quantitative estimate of drug-likeness (QED) is 0.371. The van der Waals surface area contributed by atoms with Gasteiger partial charge in [-0.3, -0.25) is 4.79 Å². The number of unbranched alkanes of at least 4 members (excludes halogenated alkanes) is 1. The average Bonchev–Trinajstić information content (AvgIpc) is 2.99. The van der Waals surface area contributed by atoms with Gasteiger partial charge < -0.3 is 24.0 Å². The second kappa shape index (κ2) is 12.2. The first-order valence-corrected chi connectivity index (χ1v) is 15.5. The smallest absolute Gasteiger partial charge is 0.257 e. The number of carbonyl (C=O) groups is 1. The largest absolute Gasteiger partial charge is 0.495 e. The summed E-state index contributed by atoms with van der Waals surface area (Å²) in [6.07, 6.45) is 3.18. The summed E-state index contributed by atoms with van der Waals surface area (Å²) in [5, 5.41) is 0. The maximum atomic E-state index is 13.8. The number of para-hydroxylation sites is 2. The Labute approximate surface area is 236 Å². The van der Waals surface area contributed by atoms with Gasteiger partial charge in [0, 0.05) is 32.2 Å². The van der Waals surface area contributed by atoms with Gasteiger partial charge in [0.15, 0.2) is 21.3 Å². The van der Waals surface area contributed by atoms with Gasteiger partial charge in [-0.25, -0.2) is 8.42 Å². The summed E-state index contributed by atoms with van der Waals surface area (Å²) in [6, 6.07) is 18.5. The Bertz CT molecular complexity index is 1450. The van der Waals surface area contributed by atoms with Gasteiger partial charge in [-0.05, 0) is 42.2 Å². The van der Waals surface area contributed by atoms with E-state index in [9.17, 15) is 13.2 Å². The fraction of sp³-hybridized carbons (Fsp3) is 0.387. The molecule has 2 aliphatic rings. The molecule has 0 spiro atoms. The predicted octanol–water partition coefficient (Wildman–Crippen LogP) is 4.75. The molecular weight excluding hydrogens is 528 g/mol. The van der Waals surface area contributed by atoms with E-state index in [1.807, 2.05) is 48.5 Å². The van der Waals surface area contributed by atoms with Crippen LogP contribution in [0.4, 0.5) is 5.69 Å². The lowest BCUT2D eigenvalue weighted by molar-refractivity contribution is 0.0735. The van der Waals surface area contributed by atoms with Gasteiger partial charge in [-0.2, -0.15) is 0 Å². The SMILES string of the molecule is CCCCc1ccc(CS(=O)(=O)c2cc3c(c(C(=O)N4CCN(c5ccccc5OC)CC4)c2)OCCO3)cc1. The molecule has 0 radical (unpaired) electrons. The summed E-state index contributed by atoms with van der Waals surface area (Å²) >= 11 is 0. The van der Waals surface area contributed by atoms with Crippen molar-refractivity contribution in [2.45, 2.75) is 36.8 Å². The average molecular weight is 565 g/mol. The number of carbonyl (C=O) groups excluding carboxylic acids is 1. The first kappa shape index (κ1) is 27.8. The van der Waals surface area contributed by atoms with E-state index in [0.717, 1.165) is 30.7 Å². The molecular formula is C31H36N2O6S. The Morgan fingerprint density at radius 3 is 2.35 bits per heavy atom. The summed E-state index contributed by atoms with van der Waals surface area (Å²) < 4.78 is 44.1. The van der Waals surface area contributed by atoms with E-state index in [1.54, 1.807) is 12.0 Å². The topological polar surface area (TPSA) is 85.4 Å². The number of aryl methyl sites for hydroxylation is 1. The number of rotatable bonds is 9. The minimum absolute atomic E-state index is 0.0582. The van der Waals surface area contributed by atoms with Gasteiger partial charge in [0.05, 0.1) is 29.0 Å². The predicted molar refractivity (Wildman–Crippen MR) is 154 cm³/mol. The zero-order valence-corrected chi connectivity index (χ0v) is 23.9. The van der Waals surface area contributed by atoms with E-state index in [2.05, 4.69) is 11.8 Å². The number of benzene rings is 3. The second-order valence-corrected chi connectivity index (χ2v) is 12.1. The van der Waals surface area contributed by atoms with Crippen molar-refractivity contribution in [2.24, 2.45) is 0 Å². The van der Waals surface area contributed by atoms with Crippen LogP contribution < -0.4 is 19.1 Å². The van der Waals surface area contributed by atoms with Gasteiger partial charge in [-0.15, -0.1) is 0 Å². The first-order valence-electron chi connectivity index (χ1n) is 13.8. The summed E-state index contributed by atoms with van der Waals surface area (Å²) in [4.78, 5) is 17.7. The van der Waals surface area contributed by atoms with Crippen molar-refractivity contribution < 1.29 is 27.4 Å². The van der Waals surface area contributed by atoms with Crippen LogP contribution in [0.5, 0.6) is 17.2 Å². The molecule has 2 aliphatic heterocycles. The van der Waals surface area contributed by atoms with Crippen LogP contribution in [0, 0.1) is 0 Å². The summed E-state index contributed by atoms with van der Waals surface area (Å²) in [5.41, 5.74) is 3.10. The van der Waals surface area contributed by atoms with Crippen LogP contribution in [0.3, 0.4) is 0 Å². The number of ether oxygens (including phenoxy) is 3. The molecule has 1 amide bonds. The maximum absolute atomic E-state index is 13.8. The third kappa shape index (κ3) is 6.04. The van der Waals surface area contributed by atoms with Crippen molar-refractivity contribution in [1.82, 2.24) is 4.90 Å². The third-order valence-electron chi connectivity index (χ3n) is 7.40. The molecule has 0 N–H and O–H groups in total. The highest BCUT2D eigenvalue weighted by Gasteiger charge is 2.31. The molecule has 1 saturated heterocycles. The van der Waals surface area contributed by atoms with E-state index in [1.165, 1.54) is 17.7 Å². The van der Waals surface area contributed by atoms with Crippen molar-refractivity contribution in [3.8, 4) is 17.2 Å². The number of sulfone groups is 1. The Kier molecular flexibility index (Phi) is 8.49. The minimum Gasteiger partial charge on any atom is -0.495 e. The van der Waals surface area contributed by atoms with Crippen LogP contribution in [0.1, 0.15) is 41.3 Å². The lowest BCUT2D eigenvalue weighted by Gasteiger charge is -2.37. The van der Waals surface area contributed by atoms with Gasteiger partial charge in [0.1, 0.15) is 19.0 Å². The van der Waals surface area contributed by atoms with Crippen LogP contribution in [0.25, 0.3) is 0 Å². The molecule has 212 valence electrons. The Morgan fingerprint density at radius 2 is 1.62 bits per heavy atom. The van der Waals surface area contributed by atoms with Crippen molar-refractivity contribution in [3.05, 3.63) is 77.4 Å². The highest BCUT2D eigenvalue weighted by Crippen LogP contribution is 2.38. The number of anilines is 1. The summed E-state index contributed by atoms with van der Waals surface area (Å²) in [6.45, 7) is 4.94. The van der Waals surface area contributed by atoms with E-state index in [4.69, 9.17) is 14.2 Å². The molecule has 40 heavy (non-hydrogen) atoms. The van der Waals surface area contributed by atoms with E-state index in [-0.39, 0.29) is 22.1 Å². The monoisotopic (exact) mass is 564 g/mol. The van der Waals surface area contributed by atoms with Crippen molar-refractivity contribution in [2.75, 3.05) is 51.4 Å².